The van der Waals surface area contributed by atoms with Crippen LogP contribution in [0.4, 0.5) is 5.69 Å². The molecular weight excluding hydrogens is 482 g/mol. The highest BCUT2D eigenvalue weighted by Gasteiger charge is 2.30. The number of hydrogen-bond acceptors (Lipinski definition) is 4. The van der Waals surface area contributed by atoms with Crippen molar-refractivity contribution < 1.29 is 14.4 Å². The number of nitrogens with two attached hydrogens (primary N) is 1. The lowest BCUT2D eigenvalue weighted by atomic mass is 9.96. The number of anilines is 1. The SMILES string of the molecule is Cc1ccccc1CN1C(=O)C(=Cc2ccc(C(=O)N3CCC(C(N)=O)CC3)cc2)Sc2ccccc21. The number of para-hydroxylation sites is 1. The van der Waals surface area contributed by atoms with E-state index in [1.807, 2.05) is 59.5 Å². The molecule has 188 valence electrons. The second kappa shape index (κ2) is 10.6. The van der Waals surface area contributed by atoms with E-state index in [4.69, 9.17) is 5.73 Å². The minimum Gasteiger partial charge on any atom is -0.369 e. The number of primary amides is 1. The van der Waals surface area contributed by atoms with Crippen molar-refractivity contribution in [2.45, 2.75) is 31.2 Å². The number of nitrogens with zero attached hydrogens (tertiary/aromatic N) is 2. The minimum atomic E-state index is -0.292. The molecule has 0 aliphatic carbocycles. The molecule has 0 unspecified atom stereocenters. The van der Waals surface area contributed by atoms with Crippen molar-refractivity contribution in [2.24, 2.45) is 11.7 Å². The number of benzene rings is 3. The molecule has 7 heteroatoms. The normalized spacial score (nSPS) is 17.1. The van der Waals surface area contributed by atoms with Crippen molar-refractivity contribution in [3.05, 3.63) is 100.0 Å². The van der Waals surface area contributed by atoms with E-state index in [-0.39, 0.29) is 23.6 Å². The maximum absolute atomic E-state index is 13.6. The zero-order chi connectivity index (χ0) is 25.9. The maximum Gasteiger partial charge on any atom is 0.265 e. The van der Waals surface area contributed by atoms with E-state index in [9.17, 15) is 14.4 Å². The van der Waals surface area contributed by atoms with Gasteiger partial charge in [0.25, 0.3) is 11.8 Å². The smallest absolute Gasteiger partial charge is 0.265 e. The van der Waals surface area contributed by atoms with Crippen molar-refractivity contribution in [2.75, 3.05) is 18.0 Å². The zero-order valence-electron chi connectivity index (χ0n) is 20.7. The van der Waals surface area contributed by atoms with Crippen LogP contribution in [0.2, 0.25) is 0 Å². The van der Waals surface area contributed by atoms with Gasteiger partial charge in [-0.1, -0.05) is 60.3 Å². The second-order valence-corrected chi connectivity index (χ2v) is 10.6. The van der Waals surface area contributed by atoms with Gasteiger partial charge < -0.3 is 15.5 Å². The number of rotatable bonds is 5. The third-order valence-corrected chi connectivity index (χ3v) is 8.14. The number of carbonyl (C=O) groups is 3. The van der Waals surface area contributed by atoms with Crippen LogP contribution >= 0.6 is 11.8 Å². The zero-order valence-corrected chi connectivity index (χ0v) is 21.5. The third-order valence-electron chi connectivity index (χ3n) is 7.06. The van der Waals surface area contributed by atoms with Crippen molar-refractivity contribution >= 4 is 41.2 Å². The average Bonchev–Trinajstić information content (AvgIpc) is 2.92. The molecule has 37 heavy (non-hydrogen) atoms. The van der Waals surface area contributed by atoms with Gasteiger partial charge in [-0.25, -0.2) is 0 Å². The van der Waals surface area contributed by atoms with E-state index in [2.05, 4.69) is 19.1 Å². The molecule has 6 nitrogen and oxygen atoms in total. The van der Waals surface area contributed by atoms with Gasteiger partial charge in [-0.15, -0.1) is 0 Å². The van der Waals surface area contributed by atoms with Crippen LogP contribution in [0, 0.1) is 12.8 Å². The first-order valence-corrected chi connectivity index (χ1v) is 13.3. The quantitative estimate of drug-likeness (QED) is 0.488. The molecule has 2 heterocycles. The summed E-state index contributed by atoms with van der Waals surface area (Å²) in [6.07, 6.45) is 3.09. The molecule has 2 aliphatic rings. The standard InChI is InChI=1S/C30H29N3O3S/c1-20-6-2-3-7-24(20)19-33-25-8-4-5-9-26(25)37-27(30(33)36)18-21-10-12-23(13-11-21)29(35)32-16-14-22(15-17-32)28(31)34/h2-13,18,22H,14-17,19H2,1H3,(H2,31,34). The molecule has 0 atom stereocenters. The number of amides is 3. The lowest BCUT2D eigenvalue weighted by Crippen LogP contribution is -2.41. The highest BCUT2D eigenvalue weighted by molar-refractivity contribution is 8.04. The fourth-order valence-electron chi connectivity index (χ4n) is 4.80. The summed E-state index contributed by atoms with van der Waals surface area (Å²) in [4.78, 5) is 43.2. The van der Waals surface area contributed by atoms with Gasteiger partial charge in [0.2, 0.25) is 5.91 Å². The number of aryl methyl sites for hydroxylation is 1. The Bertz CT molecular complexity index is 1370. The molecular formula is C30H29N3O3S. The fraction of sp³-hybridized carbons (Fsp3) is 0.233. The largest absolute Gasteiger partial charge is 0.369 e. The molecule has 0 radical (unpaired) electrons. The third kappa shape index (κ3) is 5.32. The summed E-state index contributed by atoms with van der Waals surface area (Å²) >= 11 is 1.47. The number of fused-ring (bicyclic) bond motifs is 1. The summed E-state index contributed by atoms with van der Waals surface area (Å²) in [6.45, 7) is 3.61. The van der Waals surface area contributed by atoms with Crippen molar-refractivity contribution in [3.8, 4) is 0 Å². The molecule has 0 saturated carbocycles. The van der Waals surface area contributed by atoms with Crippen LogP contribution in [0.3, 0.4) is 0 Å². The van der Waals surface area contributed by atoms with Crippen LogP contribution in [-0.2, 0) is 16.1 Å². The molecule has 0 spiro atoms. The predicted octanol–water partition coefficient (Wildman–Crippen LogP) is 5.01. The molecule has 2 N–H and O–H groups in total. The monoisotopic (exact) mass is 511 g/mol. The summed E-state index contributed by atoms with van der Waals surface area (Å²) in [5.74, 6) is -0.535. The molecule has 3 aromatic rings. The van der Waals surface area contributed by atoms with Gasteiger partial charge in [0.1, 0.15) is 0 Å². The Labute approximate surface area is 221 Å². The van der Waals surface area contributed by atoms with E-state index in [1.165, 1.54) is 11.8 Å². The number of carbonyl (C=O) groups excluding carboxylic acids is 3. The minimum absolute atomic E-state index is 0.0376. The molecule has 5 rings (SSSR count). The van der Waals surface area contributed by atoms with Crippen LogP contribution in [-0.4, -0.2) is 35.7 Å². The van der Waals surface area contributed by atoms with Gasteiger partial charge in [-0.05, 0) is 66.8 Å². The number of piperidine rings is 1. The van der Waals surface area contributed by atoms with Crippen molar-refractivity contribution in [1.82, 2.24) is 4.90 Å². The molecule has 1 saturated heterocycles. The van der Waals surface area contributed by atoms with Crippen LogP contribution in [0.1, 0.15) is 39.9 Å². The van der Waals surface area contributed by atoms with Crippen molar-refractivity contribution in [1.29, 1.82) is 0 Å². The first-order chi connectivity index (χ1) is 17.9. The first kappa shape index (κ1) is 24.8. The Kier molecular flexibility index (Phi) is 7.15. The topological polar surface area (TPSA) is 83.7 Å². The molecule has 3 amide bonds. The highest BCUT2D eigenvalue weighted by Crippen LogP contribution is 2.42. The van der Waals surface area contributed by atoms with Crippen LogP contribution in [0.25, 0.3) is 6.08 Å². The van der Waals surface area contributed by atoms with Crippen molar-refractivity contribution in [3.63, 3.8) is 0 Å². The van der Waals surface area contributed by atoms with Gasteiger partial charge >= 0.3 is 0 Å². The first-order valence-electron chi connectivity index (χ1n) is 12.4. The maximum atomic E-state index is 13.6. The Hall–Kier alpha value is -3.84. The summed E-state index contributed by atoms with van der Waals surface area (Å²) in [5.41, 5.74) is 10.0. The summed E-state index contributed by atoms with van der Waals surface area (Å²) in [6, 6.07) is 23.4. The van der Waals surface area contributed by atoms with Crippen LogP contribution < -0.4 is 10.6 Å². The van der Waals surface area contributed by atoms with Gasteiger partial charge in [0.15, 0.2) is 0 Å². The molecule has 2 aliphatic heterocycles. The van der Waals surface area contributed by atoms with Gasteiger partial charge in [0, 0.05) is 29.5 Å². The Morgan fingerprint density at radius 1 is 0.973 bits per heavy atom. The molecule has 0 aromatic heterocycles. The lowest BCUT2D eigenvalue weighted by molar-refractivity contribution is -0.123. The average molecular weight is 512 g/mol. The fourth-order valence-corrected chi connectivity index (χ4v) is 5.86. The van der Waals surface area contributed by atoms with Gasteiger partial charge in [0.05, 0.1) is 17.1 Å². The number of thioether (sulfide) groups is 1. The predicted molar refractivity (Wildman–Crippen MR) is 147 cm³/mol. The summed E-state index contributed by atoms with van der Waals surface area (Å²) in [5, 5.41) is 0. The van der Waals surface area contributed by atoms with E-state index >= 15 is 0 Å². The Morgan fingerprint density at radius 2 is 1.65 bits per heavy atom. The lowest BCUT2D eigenvalue weighted by Gasteiger charge is -2.31. The van der Waals surface area contributed by atoms with E-state index in [0.29, 0.717) is 42.9 Å². The Balaban J connectivity index is 1.35. The van der Waals surface area contributed by atoms with Crippen LogP contribution in [0.15, 0.2) is 82.6 Å². The van der Waals surface area contributed by atoms with Gasteiger partial charge in [-0.3, -0.25) is 14.4 Å². The molecule has 0 bridgehead atoms. The summed E-state index contributed by atoms with van der Waals surface area (Å²) in [7, 11) is 0. The van der Waals surface area contributed by atoms with E-state index in [0.717, 1.165) is 27.3 Å². The van der Waals surface area contributed by atoms with E-state index < -0.39 is 0 Å². The van der Waals surface area contributed by atoms with E-state index in [1.54, 1.807) is 17.0 Å². The highest BCUT2D eigenvalue weighted by atomic mass is 32.2. The molecule has 3 aromatic carbocycles. The second-order valence-electron chi connectivity index (χ2n) is 9.49. The number of hydrogen-bond donors (Lipinski definition) is 1. The number of likely N-dealkylation sites (tertiary alicyclic amines) is 1. The van der Waals surface area contributed by atoms with Crippen LogP contribution in [0.5, 0.6) is 0 Å². The summed E-state index contributed by atoms with van der Waals surface area (Å²) < 4.78 is 0. The van der Waals surface area contributed by atoms with Gasteiger partial charge in [-0.2, -0.15) is 0 Å². The molecule has 1 fully saturated rings. The Morgan fingerprint density at radius 3 is 2.35 bits per heavy atom.